The molecule has 0 aliphatic heterocycles. The molecule has 2 aromatic carbocycles. The fourth-order valence-corrected chi connectivity index (χ4v) is 2.13. The molecule has 0 spiro atoms. The lowest BCUT2D eigenvalue weighted by Gasteiger charge is -2.07. The number of esters is 1. The van der Waals surface area contributed by atoms with Crippen LogP contribution in [-0.2, 0) is 11.3 Å². The van der Waals surface area contributed by atoms with Crippen LogP contribution in [0.25, 0.3) is 0 Å². The van der Waals surface area contributed by atoms with Gasteiger partial charge in [-0.2, -0.15) is 0 Å². The molecule has 6 heteroatoms. The van der Waals surface area contributed by atoms with Crippen molar-refractivity contribution in [1.82, 2.24) is 0 Å². The van der Waals surface area contributed by atoms with Crippen LogP contribution in [0.2, 0.25) is 15.1 Å². The lowest BCUT2D eigenvalue weighted by Crippen LogP contribution is -2.06. The lowest BCUT2D eigenvalue weighted by atomic mass is 10.2. The van der Waals surface area contributed by atoms with E-state index in [1.54, 1.807) is 24.3 Å². The predicted octanol–water partition coefficient (Wildman–Crippen LogP) is 4.59. The van der Waals surface area contributed by atoms with Crippen LogP contribution in [0.1, 0.15) is 15.9 Å². The maximum absolute atomic E-state index is 11.9. The van der Waals surface area contributed by atoms with Crippen molar-refractivity contribution in [1.29, 1.82) is 0 Å². The Kier molecular flexibility index (Phi) is 4.76. The standard InChI is InChI=1S/C14H10Cl3NO2/c15-10-3-1-8(2-4-10)7-20-14(19)9-5-11(16)13(18)12(17)6-9/h1-6H,7,18H2. The molecule has 0 saturated heterocycles. The number of halogens is 3. The van der Waals surface area contributed by atoms with Gasteiger partial charge in [-0.25, -0.2) is 4.79 Å². The zero-order chi connectivity index (χ0) is 14.7. The third-order valence-corrected chi connectivity index (χ3v) is 3.48. The summed E-state index contributed by atoms with van der Waals surface area (Å²) in [4.78, 5) is 11.9. The van der Waals surface area contributed by atoms with Crippen molar-refractivity contribution in [3.63, 3.8) is 0 Å². The molecular weight excluding hydrogens is 321 g/mol. The van der Waals surface area contributed by atoms with Gasteiger partial charge in [0.05, 0.1) is 21.3 Å². The van der Waals surface area contributed by atoms with Gasteiger partial charge in [-0.15, -0.1) is 0 Å². The second kappa shape index (κ2) is 6.35. The first-order valence-electron chi connectivity index (χ1n) is 5.63. The molecule has 0 bridgehead atoms. The van der Waals surface area contributed by atoms with Crippen LogP contribution >= 0.6 is 34.8 Å². The first-order valence-corrected chi connectivity index (χ1v) is 6.77. The van der Waals surface area contributed by atoms with Crippen molar-refractivity contribution >= 4 is 46.5 Å². The first kappa shape index (κ1) is 15.0. The highest BCUT2D eigenvalue weighted by Gasteiger charge is 2.12. The average molecular weight is 331 g/mol. The molecule has 0 aliphatic carbocycles. The molecule has 0 fully saturated rings. The number of nitrogens with two attached hydrogens (primary N) is 1. The number of rotatable bonds is 3. The molecule has 0 heterocycles. The number of ether oxygens (including phenoxy) is 1. The maximum Gasteiger partial charge on any atom is 0.338 e. The van der Waals surface area contributed by atoms with Gasteiger partial charge in [0.2, 0.25) is 0 Å². The molecule has 104 valence electrons. The average Bonchev–Trinajstić information content (AvgIpc) is 2.43. The van der Waals surface area contributed by atoms with Crippen LogP contribution in [0, 0.1) is 0 Å². The molecule has 2 N–H and O–H groups in total. The number of hydrogen-bond acceptors (Lipinski definition) is 3. The number of hydrogen-bond donors (Lipinski definition) is 1. The zero-order valence-corrected chi connectivity index (χ0v) is 12.5. The highest BCUT2D eigenvalue weighted by atomic mass is 35.5. The van der Waals surface area contributed by atoms with E-state index >= 15 is 0 Å². The molecular formula is C14H10Cl3NO2. The maximum atomic E-state index is 11.9. The van der Waals surface area contributed by atoms with Crippen LogP contribution in [-0.4, -0.2) is 5.97 Å². The predicted molar refractivity (Wildman–Crippen MR) is 81.4 cm³/mol. The second-order valence-corrected chi connectivity index (χ2v) is 5.31. The molecule has 2 rings (SSSR count). The molecule has 0 aromatic heterocycles. The molecule has 3 nitrogen and oxygen atoms in total. The summed E-state index contributed by atoms with van der Waals surface area (Å²) in [6, 6.07) is 9.85. The van der Waals surface area contributed by atoms with Gasteiger partial charge in [-0.3, -0.25) is 0 Å². The number of nitrogen functional groups attached to an aromatic ring is 1. The van der Waals surface area contributed by atoms with Crippen molar-refractivity contribution < 1.29 is 9.53 Å². The van der Waals surface area contributed by atoms with Gasteiger partial charge in [-0.1, -0.05) is 46.9 Å². The Morgan fingerprint density at radius 3 is 2.15 bits per heavy atom. The lowest BCUT2D eigenvalue weighted by molar-refractivity contribution is 0.0473. The Hall–Kier alpha value is -1.42. The van der Waals surface area contributed by atoms with Crippen LogP contribution < -0.4 is 5.73 Å². The zero-order valence-electron chi connectivity index (χ0n) is 10.2. The Morgan fingerprint density at radius 2 is 1.60 bits per heavy atom. The topological polar surface area (TPSA) is 52.3 Å². The minimum Gasteiger partial charge on any atom is -0.457 e. The van der Waals surface area contributed by atoms with Crippen molar-refractivity contribution in [2.45, 2.75) is 6.61 Å². The minimum absolute atomic E-state index is 0.135. The van der Waals surface area contributed by atoms with E-state index in [1.807, 2.05) is 0 Å². The molecule has 0 unspecified atom stereocenters. The van der Waals surface area contributed by atoms with E-state index in [2.05, 4.69) is 0 Å². The van der Waals surface area contributed by atoms with Gasteiger partial charge >= 0.3 is 5.97 Å². The van der Waals surface area contributed by atoms with Gasteiger partial charge < -0.3 is 10.5 Å². The Morgan fingerprint density at radius 1 is 1.05 bits per heavy atom. The van der Waals surface area contributed by atoms with E-state index in [9.17, 15) is 4.79 Å². The van der Waals surface area contributed by atoms with E-state index in [-0.39, 0.29) is 27.9 Å². The number of benzene rings is 2. The highest BCUT2D eigenvalue weighted by Crippen LogP contribution is 2.29. The molecule has 0 amide bonds. The summed E-state index contributed by atoms with van der Waals surface area (Å²) in [7, 11) is 0. The van der Waals surface area contributed by atoms with Crippen molar-refractivity contribution in [3.05, 3.63) is 62.6 Å². The van der Waals surface area contributed by atoms with E-state index < -0.39 is 5.97 Å². The summed E-state index contributed by atoms with van der Waals surface area (Å²) in [6.45, 7) is 0.135. The summed E-state index contributed by atoms with van der Waals surface area (Å²) >= 11 is 17.5. The van der Waals surface area contributed by atoms with Crippen molar-refractivity contribution in [2.75, 3.05) is 5.73 Å². The van der Waals surface area contributed by atoms with Crippen LogP contribution in [0.5, 0.6) is 0 Å². The number of carbonyl (C=O) groups excluding carboxylic acids is 1. The first-order chi connectivity index (χ1) is 9.47. The third-order valence-electron chi connectivity index (χ3n) is 2.60. The molecule has 20 heavy (non-hydrogen) atoms. The summed E-state index contributed by atoms with van der Waals surface area (Å²) in [5.41, 5.74) is 6.92. The SMILES string of the molecule is Nc1c(Cl)cc(C(=O)OCc2ccc(Cl)cc2)cc1Cl. The normalized spacial score (nSPS) is 10.3. The van der Waals surface area contributed by atoms with E-state index in [0.717, 1.165) is 5.56 Å². The van der Waals surface area contributed by atoms with Gasteiger partial charge in [0.1, 0.15) is 6.61 Å². The fourth-order valence-electron chi connectivity index (χ4n) is 1.51. The quantitative estimate of drug-likeness (QED) is 0.661. The molecule has 0 saturated carbocycles. The van der Waals surface area contributed by atoms with Gasteiger partial charge in [0.25, 0.3) is 0 Å². The van der Waals surface area contributed by atoms with Crippen LogP contribution in [0.3, 0.4) is 0 Å². The summed E-state index contributed by atoms with van der Waals surface area (Å²) in [5.74, 6) is -0.524. The monoisotopic (exact) mass is 329 g/mol. The van der Waals surface area contributed by atoms with Crippen LogP contribution in [0.15, 0.2) is 36.4 Å². The van der Waals surface area contributed by atoms with Gasteiger partial charge in [0, 0.05) is 5.02 Å². The highest BCUT2D eigenvalue weighted by molar-refractivity contribution is 6.39. The number of carbonyl (C=O) groups is 1. The van der Waals surface area contributed by atoms with Crippen LogP contribution in [0.4, 0.5) is 5.69 Å². The Labute approximate surface area is 131 Å². The van der Waals surface area contributed by atoms with E-state index in [4.69, 9.17) is 45.3 Å². The minimum atomic E-state index is -0.524. The molecule has 0 atom stereocenters. The molecule has 0 radical (unpaired) electrons. The number of anilines is 1. The Balaban J connectivity index is 2.07. The van der Waals surface area contributed by atoms with Crippen molar-refractivity contribution in [3.8, 4) is 0 Å². The smallest absolute Gasteiger partial charge is 0.338 e. The van der Waals surface area contributed by atoms with E-state index in [0.29, 0.717) is 5.02 Å². The summed E-state index contributed by atoms with van der Waals surface area (Å²) in [6.07, 6.45) is 0. The summed E-state index contributed by atoms with van der Waals surface area (Å²) < 4.78 is 5.16. The second-order valence-electron chi connectivity index (χ2n) is 4.06. The largest absolute Gasteiger partial charge is 0.457 e. The third kappa shape index (κ3) is 3.57. The molecule has 2 aromatic rings. The summed E-state index contributed by atoms with van der Waals surface area (Å²) in [5, 5.41) is 1.06. The van der Waals surface area contributed by atoms with Gasteiger partial charge in [-0.05, 0) is 29.8 Å². The van der Waals surface area contributed by atoms with E-state index in [1.165, 1.54) is 12.1 Å². The molecule has 0 aliphatic rings. The fraction of sp³-hybridized carbons (Fsp3) is 0.0714. The van der Waals surface area contributed by atoms with Crippen molar-refractivity contribution in [2.24, 2.45) is 0 Å². The van der Waals surface area contributed by atoms with Gasteiger partial charge in [0.15, 0.2) is 0 Å². The Bertz CT molecular complexity index is 618.